The summed E-state index contributed by atoms with van der Waals surface area (Å²) >= 11 is 4.97. The molecule has 0 radical (unpaired) electrons. The SMILES string of the molecule is COC(=O)c1csc(-c2cc(C)[nH]n2)c1.COC(=O)c1csc(B2OC(C)(C)C(C)(C)O2)c1.Cc1cc(I)nn1C(=O)OC(C)(C)C.Cc1cc(N)nn1C(=O)OC(C)(C)C. The lowest BCUT2D eigenvalue weighted by Gasteiger charge is -2.32. The number of rotatable bonds is 4. The molecule has 17 nitrogen and oxygen atoms in total. The molecule has 0 unspecified atom stereocenters. The van der Waals surface area contributed by atoms with Gasteiger partial charge in [0.05, 0.1) is 41.4 Å². The normalized spacial score (nSPS) is 14.0. The van der Waals surface area contributed by atoms with Gasteiger partial charge in [-0.25, -0.2) is 19.2 Å². The van der Waals surface area contributed by atoms with Gasteiger partial charge in [-0.1, -0.05) is 0 Å². The summed E-state index contributed by atoms with van der Waals surface area (Å²) in [4.78, 5) is 46.7. The lowest BCUT2D eigenvalue weighted by atomic mass is 9.87. The fourth-order valence-corrected chi connectivity index (χ4v) is 7.15. The molecule has 6 rings (SSSR count). The second kappa shape index (κ2) is 20.5. The molecule has 0 aromatic carbocycles. The smallest absolute Gasteiger partial charge is 0.465 e. The first kappa shape index (κ1) is 50.8. The average molecular weight is 996 g/mol. The number of aromatic amines is 1. The number of hydrogen-bond acceptors (Lipinski definition) is 16. The van der Waals surface area contributed by atoms with Gasteiger partial charge in [-0.15, -0.1) is 16.4 Å². The van der Waals surface area contributed by atoms with Crippen LogP contribution in [0.1, 0.15) is 107 Å². The number of nitrogens with two attached hydrogens (primary N) is 1. The van der Waals surface area contributed by atoms with Crippen molar-refractivity contribution < 1.29 is 47.4 Å². The second-order valence-electron chi connectivity index (χ2n) is 16.5. The Kier molecular flexibility index (Phi) is 17.1. The van der Waals surface area contributed by atoms with Gasteiger partial charge in [-0.3, -0.25) is 5.10 Å². The topological polar surface area (TPSA) is 214 Å². The molecule has 0 spiro atoms. The molecule has 21 heteroatoms. The second-order valence-corrected chi connectivity index (χ2v) is 19.5. The van der Waals surface area contributed by atoms with Crippen LogP contribution in [0.5, 0.6) is 0 Å². The summed E-state index contributed by atoms with van der Waals surface area (Å²) in [6.07, 6.45) is -0.940. The number of H-pyrrole nitrogens is 1. The van der Waals surface area contributed by atoms with Gasteiger partial charge < -0.3 is 34.0 Å². The van der Waals surface area contributed by atoms with E-state index >= 15 is 0 Å². The quantitative estimate of drug-likeness (QED) is 0.0752. The maximum atomic E-state index is 11.6. The van der Waals surface area contributed by atoms with Crippen LogP contribution in [0.4, 0.5) is 15.4 Å². The highest BCUT2D eigenvalue weighted by atomic mass is 127. The number of ether oxygens (including phenoxy) is 4. The molecule has 0 saturated carbocycles. The third kappa shape index (κ3) is 14.8. The van der Waals surface area contributed by atoms with E-state index in [1.165, 1.54) is 41.6 Å². The minimum atomic E-state index is -0.524. The van der Waals surface area contributed by atoms with Gasteiger partial charge in [0, 0.05) is 38.7 Å². The van der Waals surface area contributed by atoms with E-state index in [1.807, 2.05) is 74.4 Å². The molecule has 0 atom stereocenters. The molecule has 61 heavy (non-hydrogen) atoms. The van der Waals surface area contributed by atoms with Crippen molar-refractivity contribution in [1.29, 1.82) is 0 Å². The van der Waals surface area contributed by atoms with Crippen LogP contribution in [-0.2, 0) is 28.3 Å². The highest BCUT2D eigenvalue weighted by Gasteiger charge is 2.52. The first-order valence-corrected chi connectivity index (χ1v) is 21.6. The maximum Gasteiger partial charge on any atom is 0.505 e. The molecule has 6 heterocycles. The lowest BCUT2D eigenvalue weighted by Crippen LogP contribution is -2.41. The van der Waals surface area contributed by atoms with Gasteiger partial charge in [0.15, 0.2) is 0 Å². The first-order chi connectivity index (χ1) is 28.1. The summed E-state index contributed by atoms with van der Waals surface area (Å²) in [5.41, 5.74) is 8.10. The Balaban J connectivity index is 0.000000218. The molecule has 1 fully saturated rings. The largest absolute Gasteiger partial charge is 0.505 e. The standard InChI is InChI=1S/C12H17BO4S.C10H10N2O2S.C9H13IN2O2.C9H15N3O2/c1-11(2)12(3,4)17-13(16-11)9-6-8(7-18-9)10(14)15-5;1-6-3-8(12-11-6)9-4-7(5-15-9)10(13)14-2;2*1-6-5-7(10)11-12(6)8(13)14-9(2,3)4/h6-7H,1-5H3;3-5H,1-2H3,(H,11,12);5H,1-4H3;5H,1-4H3,(H2,10,11). The van der Waals surface area contributed by atoms with Gasteiger partial charge in [0.1, 0.15) is 26.4 Å². The van der Waals surface area contributed by atoms with E-state index < -0.39 is 30.5 Å². The monoisotopic (exact) mass is 995 g/mol. The number of anilines is 1. The number of nitrogens with one attached hydrogen (secondary N) is 1. The summed E-state index contributed by atoms with van der Waals surface area (Å²) in [6, 6.07) is 8.92. The summed E-state index contributed by atoms with van der Waals surface area (Å²) < 4.78 is 35.5. The minimum absolute atomic E-state index is 0.313. The third-order valence-electron chi connectivity index (χ3n) is 8.40. The van der Waals surface area contributed by atoms with Gasteiger partial charge in [0.25, 0.3) is 0 Å². The molecule has 0 amide bonds. The highest BCUT2D eigenvalue weighted by Crippen LogP contribution is 2.37. The van der Waals surface area contributed by atoms with Crippen LogP contribution >= 0.6 is 45.3 Å². The molecule has 0 bridgehead atoms. The summed E-state index contributed by atoms with van der Waals surface area (Å²) in [5.74, 6) is -0.341. The molecule has 1 aliphatic heterocycles. The Morgan fingerprint density at radius 1 is 0.754 bits per heavy atom. The number of aromatic nitrogens is 6. The molecular formula is C40H55BIN7O10S2. The number of halogens is 1. The number of nitrogen functional groups attached to an aromatic ring is 1. The molecule has 5 aromatic heterocycles. The van der Waals surface area contributed by atoms with E-state index in [2.05, 4.69) is 52.5 Å². The van der Waals surface area contributed by atoms with E-state index in [1.54, 1.807) is 56.7 Å². The predicted molar refractivity (Wildman–Crippen MR) is 244 cm³/mol. The van der Waals surface area contributed by atoms with Crippen molar-refractivity contribution in [1.82, 2.24) is 29.8 Å². The molecule has 5 aromatic rings. The molecule has 0 aliphatic carbocycles. The van der Waals surface area contributed by atoms with E-state index in [-0.39, 0.29) is 23.1 Å². The number of nitrogens with zero attached hydrogens (tertiary/aromatic N) is 5. The number of carbonyl (C=O) groups is 4. The number of hydrogen-bond donors (Lipinski definition) is 2. The molecule has 332 valence electrons. The zero-order valence-electron chi connectivity index (χ0n) is 37.2. The van der Waals surface area contributed by atoms with E-state index in [0.717, 1.165) is 35.1 Å². The molecule has 3 N–H and O–H groups in total. The van der Waals surface area contributed by atoms with E-state index in [4.69, 9.17) is 24.5 Å². The van der Waals surface area contributed by atoms with Gasteiger partial charge in [-0.2, -0.15) is 30.9 Å². The van der Waals surface area contributed by atoms with Crippen LogP contribution in [0.15, 0.2) is 41.1 Å². The Bertz CT molecular complexity index is 2210. The van der Waals surface area contributed by atoms with Gasteiger partial charge in [-0.05, 0) is 137 Å². The Morgan fingerprint density at radius 3 is 1.64 bits per heavy atom. The number of esters is 2. The van der Waals surface area contributed by atoms with E-state index in [9.17, 15) is 19.2 Å². The number of aryl methyl sites for hydroxylation is 3. The summed E-state index contributed by atoms with van der Waals surface area (Å²) in [6.45, 7) is 24.4. The van der Waals surface area contributed by atoms with Crippen LogP contribution in [0, 0.1) is 24.5 Å². The lowest BCUT2D eigenvalue weighted by molar-refractivity contribution is 0.00578. The summed E-state index contributed by atoms with van der Waals surface area (Å²) in [5, 5.41) is 18.3. The van der Waals surface area contributed by atoms with Crippen molar-refractivity contribution in [3.8, 4) is 10.6 Å². The van der Waals surface area contributed by atoms with Crippen LogP contribution in [0.3, 0.4) is 0 Å². The van der Waals surface area contributed by atoms with Gasteiger partial charge in [0.2, 0.25) is 0 Å². The van der Waals surface area contributed by atoms with Crippen LogP contribution in [-0.4, -0.2) is 97.6 Å². The first-order valence-electron chi connectivity index (χ1n) is 18.8. The number of carbonyl (C=O) groups excluding carboxylic acids is 4. The Labute approximate surface area is 378 Å². The zero-order valence-corrected chi connectivity index (χ0v) is 41.0. The molecular weight excluding hydrogens is 940 g/mol. The summed E-state index contributed by atoms with van der Waals surface area (Å²) in [7, 11) is 2.32. The van der Waals surface area contributed by atoms with Gasteiger partial charge >= 0.3 is 31.2 Å². The van der Waals surface area contributed by atoms with Crippen molar-refractivity contribution in [3.05, 3.63) is 73.0 Å². The van der Waals surface area contributed by atoms with Crippen molar-refractivity contribution in [2.24, 2.45) is 0 Å². The van der Waals surface area contributed by atoms with Crippen molar-refractivity contribution in [2.45, 2.75) is 112 Å². The molecule has 1 saturated heterocycles. The Hall–Kier alpha value is -4.58. The number of thiophene rings is 2. The van der Waals surface area contributed by atoms with Crippen LogP contribution < -0.4 is 10.5 Å². The number of methoxy groups -OCH3 is 2. The van der Waals surface area contributed by atoms with Crippen LogP contribution in [0.25, 0.3) is 10.6 Å². The third-order valence-corrected chi connectivity index (χ3v) is 10.8. The fourth-order valence-electron chi connectivity index (χ4n) is 4.82. The van der Waals surface area contributed by atoms with Crippen molar-refractivity contribution in [3.63, 3.8) is 0 Å². The predicted octanol–water partition coefficient (Wildman–Crippen LogP) is 8.20. The van der Waals surface area contributed by atoms with Crippen molar-refractivity contribution >= 4 is 87.1 Å². The average Bonchev–Trinajstić information content (AvgIpc) is 3.99. The van der Waals surface area contributed by atoms with Crippen molar-refractivity contribution in [2.75, 3.05) is 20.0 Å². The fraction of sp³-hybridized carbons (Fsp3) is 0.475. The maximum absolute atomic E-state index is 11.6. The highest BCUT2D eigenvalue weighted by molar-refractivity contribution is 14.1. The minimum Gasteiger partial charge on any atom is -0.465 e. The zero-order chi connectivity index (χ0) is 46.2. The Morgan fingerprint density at radius 2 is 1.23 bits per heavy atom. The molecule has 1 aliphatic rings. The van der Waals surface area contributed by atoms with Crippen LogP contribution in [0.2, 0.25) is 0 Å². The van der Waals surface area contributed by atoms with E-state index in [0.29, 0.717) is 22.6 Å².